The third-order valence-corrected chi connectivity index (χ3v) is 3.35. The van der Waals surface area contributed by atoms with E-state index in [1.54, 1.807) is 12.4 Å². The highest BCUT2D eigenvalue weighted by Gasteiger charge is 2.03. The molecule has 23 heavy (non-hydrogen) atoms. The maximum atomic E-state index is 4.52. The fraction of sp³-hybridized carbons (Fsp3) is 0.333. The highest BCUT2D eigenvalue weighted by molar-refractivity contribution is 5.46. The van der Waals surface area contributed by atoms with Gasteiger partial charge in [0.05, 0.1) is 13.1 Å². The number of hydrogen-bond donors (Lipinski definition) is 2. The summed E-state index contributed by atoms with van der Waals surface area (Å²) >= 11 is 0. The molecular formula is C15H20N8. The van der Waals surface area contributed by atoms with Crippen molar-refractivity contribution in [1.29, 1.82) is 0 Å². The second kappa shape index (κ2) is 7.39. The first-order valence-corrected chi connectivity index (χ1v) is 7.57. The van der Waals surface area contributed by atoms with Crippen LogP contribution in [0.3, 0.4) is 0 Å². The first-order valence-electron chi connectivity index (χ1n) is 7.57. The Bertz CT molecular complexity index is 705. The van der Waals surface area contributed by atoms with Crippen LogP contribution in [-0.4, -0.2) is 42.6 Å². The summed E-state index contributed by atoms with van der Waals surface area (Å²) in [5.74, 6) is 1.46. The fourth-order valence-corrected chi connectivity index (χ4v) is 2.14. The van der Waals surface area contributed by atoms with Crippen LogP contribution in [0.2, 0.25) is 0 Å². The van der Waals surface area contributed by atoms with Crippen LogP contribution in [0.5, 0.6) is 0 Å². The molecule has 3 heterocycles. The molecule has 0 saturated heterocycles. The normalized spacial score (nSPS) is 10.7. The Labute approximate surface area is 134 Å². The van der Waals surface area contributed by atoms with Crippen LogP contribution in [0.15, 0.2) is 43.1 Å². The monoisotopic (exact) mass is 312 g/mol. The lowest BCUT2D eigenvalue weighted by atomic mass is 10.3. The first-order chi connectivity index (χ1) is 11.3. The topological polar surface area (TPSA) is 85.5 Å². The van der Waals surface area contributed by atoms with Gasteiger partial charge in [0.1, 0.15) is 5.82 Å². The molecule has 0 aliphatic carbocycles. The summed E-state index contributed by atoms with van der Waals surface area (Å²) in [6.45, 7) is 5.03. The van der Waals surface area contributed by atoms with Gasteiger partial charge in [0, 0.05) is 49.6 Å². The summed E-state index contributed by atoms with van der Waals surface area (Å²) in [7, 11) is 0. The molecule has 0 atom stereocenters. The lowest BCUT2D eigenvalue weighted by molar-refractivity contribution is 0.634. The summed E-state index contributed by atoms with van der Waals surface area (Å²) in [6, 6.07) is 3.82. The molecule has 0 amide bonds. The van der Waals surface area contributed by atoms with E-state index in [0.29, 0.717) is 5.95 Å². The van der Waals surface area contributed by atoms with Crippen LogP contribution in [0.4, 0.5) is 11.8 Å². The highest BCUT2D eigenvalue weighted by atomic mass is 15.3. The quantitative estimate of drug-likeness (QED) is 0.654. The van der Waals surface area contributed by atoms with Crippen LogP contribution < -0.4 is 10.6 Å². The molecule has 0 aliphatic rings. The number of aromatic nitrogens is 6. The van der Waals surface area contributed by atoms with Crippen LogP contribution in [0.25, 0.3) is 0 Å². The zero-order valence-corrected chi connectivity index (χ0v) is 13.1. The van der Waals surface area contributed by atoms with E-state index in [0.717, 1.165) is 37.6 Å². The van der Waals surface area contributed by atoms with E-state index in [2.05, 4.69) is 30.8 Å². The number of aryl methyl sites for hydroxylation is 1. The van der Waals surface area contributed by atoms with E-state index in [1.165, 1.54) is 0 Å². The Hall–Kier alpha value is -2.90. The van der Waals surface area contributed by atoms with Gasteiger partial charge in [-0.1, -0.05) is 0 Å². The Balaban J connectivity index is 1.51. The first kappa shape index (κ1) is 15.0. The molecule has 0 aromatic carbocycles. The molecule has 0 bridgehead atoms. The van der Waals surface area contributed by atoms with Gasteiger partial charge in [0.25, 0.3) is 0 Å². The minimum Gasteiger partial charge on any atom is -0.368 e. The molecular weight excluding hydrogens is 292 g/mol. The lowest BCUT2D eigenvalue weighted by Crippen LogP contribution is -2.15. The van der Waals surface area contributed by atoms with E-state index in [4.69, 9.17) is 0 Å². The van der Waals surface area contributed by atoms with E-state index in [9.17, 15) is 0 Å². The molecule has 2 N–H and O–H groups in total. The predicted molar refractivity (Wildman–Crippen MR) is 88.2 cm³/mol. The van der Waals surface area contributed by atoms with Gasteiger partial charge in [-0.2, -0.15) is 15.2 Å². The number of hydrogen-bond acceptors (Lipinski definition) is 6. The fourth-order valence-electron chi connectivity index (χ4n) is 2.14. The minimum atomic E-state index is 0.615. The van der Waals surface area contributed by atoms with Crippen molar-refractivity contribution in [3.05, 3.63) is 48.7 Å². The summed E-state index contributed by atoms with van der Waals surface area (Å²) in [5, 5.41) is 14.9. The number of nitrogens with zero attached hydrogens (tertiary/aromatic N) is 6. The molecule has 0 saturated carbocycles. The average Bonchev–Trinajstić information content (AvgIpc) is 3.24. The van der Waals surface area contributed by atoms with Crippen molar-refractivity contribution in [2.24, 2.45) is 0 Å². The van der Waals surface area contributed by atoms with Crippen molar-refractivity contribution in [2.45, 2.75) is 20.0 Å². The van der Waals surface area contributed by atoms with Gasteiger partial charge >= 0.3 is 0 Å². The lowest BCUT2D eigenvalue weighted by Gasteiger charge is -2.11. The third kappa shape index (κ3) is 4.29. The highest BCUT2D eigenvalue weighted by Crippen LogP contribution is 2.12. The third-order valence-electron chi connectivity index (χ3n) is 3.35. The maximum Gasteiger partial charge on any atom is 0.224 e. The smallest absolute Gasteiger partial charge is 0.224 e. The summed E-state index contributed by atoms with van der Waals surface area (Å²) in [5.41, 5.74) is 1.02. The Morgan fingerprint density at radius 3 is 2.22 bits per heavy atom. The van der Waals surface area contributed by atoms with Gasteiger partial charge in [-0.15, -0.1) is 0 Å². The second-order valence-electron chi connectivity index (χ2n) is 5.12. The Kier molecular flexibility index (Phi) is 4.82. The van der Waals surface area contributed by atoms with Crippen LogP contribution in [0, 0.1) is 6.92 Å². The molecule has 120 valence electrons. The van der Waals surface area contributed by atoms with E-state index in [1.807, 2.05) is 47.0 Å². The Morgan fingerprint density at radius 2 is 1.61 bits per heavy atom. The standard InChI is InChI=1S/C15H20N8/c1-13-12-18-15(17-7-11-23-9-3-5-20-23)21-14(13)16-6-10-22-8-2-4-19-22/h2-5,8-9,12H,6-7,10-11H2,1H3,(H2,16,17,18,21). The van der Waals surface area contributed by atoms with Gasteiger partial charge in [-0.05, 0) is 19.1 Å². The van der Waals surface area contributed by atoms with Crippen molar-refractivity contribution in [3.8, 4) is 0 Å². The molecule has 0 spiro atoms. The van der Waals surface area contributed by atoms with Gasteiger partial charge < -0.3 is 10.6 Å². The van der Waals surface area contributed by atoms with Crippen LogP contribution in [-0.2, 0) is 13.1 Å². The molecule has 8 heteroatoms. The summed E-state index contributed by atoms with van der Waals surface area (Å²) < 4.78 is 3.75. The largest absolute Gasteiger partial charge is 0.368 e. The van der Waals surface area contributed by atoms with Gasteiger partial charge in [-0.25, -0.2) is 4.98 Å². The van der Waals surface area contributed by atoms with Crippen molar-refractivity contribution in [2.75, 3.05) is 23.7 Å². The molecule has 0 aliphatic heterocycles. The minimum absolute atomic E-state index is 0.615. The Morgan fingerprint density at radius 1 is 0.957 bits per heavy atom. The molecule has 3 rings (SSSR count). The average molecular weight is 312 g/mol. The second-order valence-corrected chi connectivity index (χ2v) is 5.12. The van der Waals surface area contributed by atoms with Crippen molar-refractivity contribution < 1.29 is 0 Å². The number of nitrogens with one attached hydrogen (secondary N) is 2. The van der Waals surface area contributed by atoms with Crippen molar-refractivity contribution >= 4 is 11.8 Å². The predicted octanol–water partition coefficient (Wildman–Crippen LogP) is 1.40. The van der Waals surface area contributed by atoms with Gasteiger partial charge in [0.15, 0.2) is 0 Å². The zero-order valence-electron chi connectivity index (χ0n) is 13.1. The summed E-state index contributed by atoms with van der Waals surface area (Å²) in [6.07, 6.45) is 9.23. The van der Waals surface area contributed by atoms with Crippen LogP contribution in [0.1, 0.15) is 5.56 Å². The molecule has 0 unspecified atom stereocenters. The molecule has 0 radical (unpaired) electrons. The van der Waals surface area contributed by atoms with Crippen molar-refractivity contribution in [3.63, 3.8) is 0 Å². The molecule has 0 fully saturated rings. The van der Waals surface area contributed by atoms with Crippen molar-refractivity contribution in [1.82, 2.24) is 29.5 Å². The number of anilines is 2. The van der Waals surface area contributed by atoms with E-state index in [-0.39, 0.29) is 0 Å². The SMILES string of the molecule is Cc1cnc(NCCn2cccn2)nc1NCCn1cccn1. The number of rotatable bonds is 8. The van der Waals surface area contributed by atoms with E-state index < -0.39 is 0 Å². The molecule has 3 aromatic rings. The van der Waals surface area contributed by atoms with Crippen LogP contribution >= 0.6 is 0 Å². The molecule has 8 nitrogen and oxygen atoms in total. The van der Waals surface area contributed by atoms with Gasteiger partial charge in [-0.3, -0.25) is 9.36 Å². The maximum absolute atomic E-state index is 4.52. The zero-order chi connectivity index (χ0) is 15.9. The van der Waals surface area contributed by atoms with Gasteiger partial charge in [0.2, 0.25) is 5.95 Å². The van der Waals surface area contributed by atoms with E-state index >= 15 is 0 Å². The molecule has 3 aromatic heterocycles. The summed E-state index contributed by atoms with van der Waals surface area (Å²) in [4.78, 5) is 8.82.